The topological polar surface area (TPSA) is 96.9 Å². The molecule has 2 aliphatic rings. The van der Waals surface area contributed by atoms with E-state index in [0.717, 1.165) is 13.0 Å². The summed E-state index contributed by atoms with van der Waals surface area (Å²) in [5, 5.41) is 2.84. The van der Waals surface area contributed by atoms with E-state index >= 15 is 0 Å². The van der Waals surface area contributed by atoms with E-state index in [1.807, 2.05) is 0 Å². The molecule has 0 radical (unpaired) electrons. The summed E-state index contributed by atoms with van der Waals surface area (Å²) in [6.45, 7) is 3.59. The number of carbonyl (C=O) groups excluding carboxylic acids is 1. The molecule has 1 aromatic rings. The van der Waals surface area contributed by atoms with Gasteiger partial charge in [0.2, 0.25) is 5.91 Å². The van der Waals surface area contributed by atoms with Gasteiger partial charge < -0.3 is 10.1 Å². The first-order valence-corrected chi connectivity index (χ1v) is 9.01. The molecule has 0 saturated carbocycles. The van der Waals surface area contributed by atoms with E-state index in [4.69, 9.17) is 4.74 Å². The van der Waals surface area contributed by atoms with E-state index < -0.39 is 16.1 Å². The third-order valence-corrected chi connectivity index (χ3v) is 5.35. The van der Waals surface area contributed by atoms with Crippen molar-refractivity contribution in [1.29, 1.82) is 0 Å². The van der Waals surface area contributed by atoms with Crippen LogP contribution >= 0.6 is 0 Å². The highest BCUT2D eigenvalue weighted by atomic mass is 32.2. The van der Waals surface area contributed by atoms with Crippen molar-refractivity contribution in [2.45, 2.75) is 24.3 Å². The molecule has 2 N–H and O–H groups in total. The summed E-state index contributed by atoms with van der Waals surface area (Å²) < 4.78 is 31.7. The van der Waals surface area contributed by atoms with Gasteiger partial charge in [-0.1, -0.05) is 12.1 Å². The van der Waals surface area contributed by atoms with Gasteiger partial charge in [-0.05, 0) is 25.5 Å². The Morgan fingerprint density at radius 3 is 3.00 bits per heavy atom. The molecule has 0 aliphatic carbocycles. The van der Waals surface area contributed by atoms with Gasteiger partial charge >= 0.3 is 0 Å². The SMILES string of the molecule is C[C@H](N=C1NS(=O)(=O)c2ccccc21)C(=O)NC[C@@H]1CCOC1. The van der Waals surface area contributed by atoms with Crippen LogP contribution in [-0.2, 0) is 19.6 Å². The third kappa shape index (κ3) is 3.37. The van der Waals surface area contributed by atoms with E-state index in [2.05, 4.69) is 15.0 Å². The first-order chi connectivity index (χ1) is 11.0. The predicted molar refractivity (Wildman–Crippen MR) is 84.7 cm³/mol. The van der Waals surface area contributed by atoms with Crippen LogP contribution in [0, 0.1) is 5.92 Å². The zero-order valence-electron chi connectivity index (χ0n) is 12.8. The number of carbonyl (C=O) groups is 1. The minimum atomic E-state index is -3.58. The van der Waals surface area contributed by atoms with Crippen LogP contribution < -0.4 is 10.0 Å². The Bertz CT molecular complexity index is 739. The number of amidine groups is 1. The largest absolute Gasteiger partial charge is 0.381 e. The molecule has 1 amide bonds. The summed E-state index contributed by atoms with van der Waals surface area (Å²) in [5.74, 6) is 0.324. The smallest absolute Gasteiger partial charge is 0.263 e. The number of nitrogens with one attached hydrogen (secondary N) is 2. The zero-order valence-corrected chi connectivity index (χ0v) is 13.6. The Morgan fingerprint density at radius 1 is 1.48 bits per heavy atom. The van der Waals surface area contributed by atoms with Gasteiger partial charge in [-0.2, -0.15) is 0 Å². The number of sulfonamides is 1. The fraction of sp³-hybridized carbons (Fsp3) is 0.467. The van der Waals surface area contributed by atoms with Crippen LogP contribution in [-0.4, -0.2) is 46.0 Å². The number of hydrogen-bond donors (Lipinski definition) is 2. The molecule has 23 heavy (non-hydrogen) atoms. The molecule has 8 heteroatoms. The molecule has 0 spiro atoms. The number of benzene rings is 1. The lowest BCUT2D eigenvalue weighted by Gasteiger charge is -2.12. The van der Waals surface area contributed by atoms with E-state index in [1.54, 1.807) is 25.1 Å². The van der Waals surface area contributed by atoms with Crippen molar-refractivity contribution >= 4 is 21.8 Å². The molecule has 0 unspecified atom stereocenters. The minimum Gasteiger partial charge on any atom is -0.381 e. The first kappa shape index (κ1) is 15.9. The molecule has 2 atom stereocenters. The zero-order chi connectivity index (χ0) is 16.4. The summed E-state index contributed by atoms with van der Waals surface area (Å²) in [4.78, 5) is 16.6. The molecule has 0 bridgehead atoms. The first-order valence-electron chi connectivity index (χ1n) is 7.53. The van der Waals surface area contributed by atoms with E-state index in [1.165, 1.54) is 6.07 Å². The molecule has 3 rings (SSSR count). The molecular weight excluding hydrogens is 318 g/mol. The Kier molecular flexibility index (Phi) is 4.36. The number of ether oxygens (including phenoxy) is 1. The number of amides is 1. The Morgan fingerprint density at radius 2 is 2.26 bits per heavy atom. The number of nitrogens with zero attached hydrogens (tertiary/aromatic N) is 1. The van der Waals surface area contributed by atoms with Gasteiger partial charge in [0.25, 0.3) is 10.0 Å². The number of aliphatic imine (C=N–C) groups is 1. The maximum atomic E-state index is 12.1. The molecule has 2 aliphatic heterocycles. The van der Waals surface area contributed by atoms with Crippen molar-refractivity contribution in [3.05, 3.63) is 29.8 Å². The van der Waals surface area contributed by atoms with E-state index in [0.29, 0.717) is 24.6 Å². The highest BCUT2D eigenvalue weighted by Crippen LogP contribution is 2.22. The van der Waals surface area contributed by atoms with E-state index in [-0.39, 0.29) is 16.6 Å². The molecule has 0 aromatic heterocycles. The van der Waals surface area contributed by atoms with Gasteiger partial charge in [0.1, 0.15) is 11.9 Å². The highest BCUT2D eigenvalue weighted by Gasteiger charge is 2.31. The molecular formula is C15H19N3O4S. The van der Waals surface area contributed by atoms with Crippen molar-refractivity contribution in [1.82, 2.24) is 10.0 Å². The fourth-order valence-electron chi connectivity index (χ4n) is 2.62. The van der Waals surface area contributed by atoms with Crippen LogP contribution in [0.2, 0.25) is 0 Å². The Hall–Kier alpha value is -1.93. The summed E-state index contributed by atoms with van der Waals surface area (Å²) >= 11 is 0. The Labute approximate surface area is 135 Å². The van der Waals surface area contributed by atoms with E-state index in [9.17, 15) is 13.2 Å². The maximum Gasteiger partial charge on any atom is 0.263 e. The second-order valence-electron chi connectivity index (χ2n) is 5.73. The lowest BCUT2D eigenvalue weighted by Crippen LogP contribution is -2.36. The summed E-state index contributed by atoms with van der Waals surface area (Å²) in [5.41, 5.74) is 0.497. The second-order valence-corrected chi connectivity index (χ2v) is 7.38. The van der Waals surface area contributed by atoms with Crippen molar-refractivity contribution in [2.24, 2.45) is 10.9 Å². The van der Waals surface area contributed by atoms with Crippen LogP contribution in [0.5, 0.6) is 0 Å². The monoisotopic (exact) mass is 337 g/mol. The average molecular weight is 337 g/mol. The van der Waals surface area contributed by atoms with Gasteiger partial charge in [-0.15, -0.1) is 0 Å². The third-order valence-electron chi connectivity index (χ3n) is 3.95. The van der Waals surface area contributed by atoms with Gasteiger partial charge in [-0.25, -0.2) is 8.42 Å². The van der Waals surface area contributed by atoms with Crippen LogP contribution in [0.25, 0.3) is 0 Å². The predicted octanol–water partition coefficient (Wildman–Crippen LogP) is 0.266. The van der Waals surface area contributed by atoms with Gasteiger partial charge in [0, 0.05) is 24.6 Å². The van der Waals surface area contributed by atoms with Crippen molar-refractivity contribution in [3.8, 4) is 0 Å². The maximum absolute atomic E-state index is 12.1. The average Bonchev–Trinajstić information content (AvgIpc) is 3.12. The fourth-order valence-corrected chi connectivity index (χ4v) is 3.86. The second kappa shape index (κ2) is 6.29. The lowest BCUT2D eigenvalue weighted by atomic mass is 10.1. The summed E-state index contributed by atoms with van der Waals surface area (Å²) in [6, 6.07) is 5.90. The molecule has 1 aromatic carbocycles. The molecule has 2 heterocycles. The van der Waals surface area contributed by atoms with Crippen LogP contribution in [0.1, 0.15) is 18.9 Å². The minimum absolute atomic E-state index is 0.189. The number of hydrogen-bond acceptors (Lipinski definition) is 5. The van der Waals surface area contributed by atoms with Crippen LogP contribution in [0.3, 0.4) is 0 Å². The van der Waals surface area contributed by atoms with Crippen LogP contribution in [0.4, 0.5) is 0 Å². The molecule has 1 saturated heterocycles. The number of fused-ring (bicyclic) bond motifs is 1. The Balaban J connectivity index is 1.70. The van der Waals surface area contributed by atoms with Crippen molar-refractivity contribution in [3.63, 3.8) is 0 Å². The number of rotatable bonds is 4. The lowest BCUT2D eigenvalue weighted by molar-refractivity contribution is -0.122. The van der Waals surface area contributed by atoms with Gasteiger partial charge in [0.15, 0.2) is 0 Å². The standard InChI is InChI=1S/C15H19N3O4S/c1-10(15(19)16-8-11-6-7-22-9-11)17-14-12-4-2-3-5-13(12)23(20,21)18-14/h2-5,10-11H,6-9H2,1H3,(H,16,19)(H,17,18)/t10-,11-/m0/s1. The molecule has 7 nitrogen and oxygen atoms in total. The normalized spacial score (nSPS) is 24.9. The van der Waals surface area contributed by atoms with Gasteiger partial charge in [0.05, 0.1) is 11.5 Å². The summed E-state index contributed by atoms with van der Waals surface area (Å²) in [7, 11) is -3.58. The van der Waals surface area contributed by atoms with Crippen molar-refractivity contribution in [2.75, 3.05) is 19.8 Å². The van der Waals surface area contributed by atoms with Crippen molar-refractivity contribution < 1.29 is 17.9 Å². The quantitative estimate of drug-likeness (QED) is 0.824. The molecule has 124 valence electrons. The van der Waals surface area contributed by atoms with Gasteiger partial charge in [-0.3, -0.25) is 14.5 Å². The van der Waals surface area contributed by atoms with Crippen LogP contribution in [0.15, 0.2) is 34.2 Å². The summed E-state index contributed by atoms with van der Waals surface area (Å²) in [6.07, 6.45) is 0.941. The highest BCUT2D eigenvalue weighted by molar-refractivity contribution is 7.90. The molecule has 1 fully saturated rings.